The highest BCUT2D eigenvalue weighted by Crippen LogP contribution is 2.35. The Labute approximate surface area is 213 Å². The Morgan fingerprint density at radius 1 is 0.794 bits per heavy atom. The molecule has 1 aliphatic heterocycles. The fourth-order valence-corrected chi connectivity index (χ4v) is 5.20. The number of nitrogens with one attached hydrogen (secondary N) is 3. The molecule has 0 bridgehead atoms. The van der Waals surface area contributed by atoms with Crippen molar-refractivity contribution in [3.05, 3.63) is 70.8 Å². The number of benzene rings is 2. The third-order valence-corrected chi connectivity index (χ3v) is 6.88. The van der Waals surface area contributed by atoms with Crippen LogP contribution in [0, 0.1) is 0 Å². The van der Waals surface area contributed by atoms with Crippen molar-refractivity contribution in [2.24, 2.45) is 0 Å². The second-order valence-corrected chi connectivity index (χ2v) is 13.4. The lowest BCUT2D eigenvalue weighted by atomic mass is 9.80. The summed E-state index contributed by atoms with van der Waals surface area (Å²) in [5.41, 5.74) is 5.74. The zero-order valence-corrected chi connectivity index (χ0v) is 23.5. The van der Waals surface area contributed by atoms with Crippen LogP contribution in [0.1, 0.15) is 96.9 Å². The predicted molar refractivity (Wildman–Crippen MR) is 151 cm³/mol. The van der Waals surface area contributed by atoms with Crippen LogP contribution in [-0.4, -0.2) is 29.3 Å². The predicted octanol–water partition coefficient (Wildman–Crippen LogP) is 6.41. The Morgan fingerprint density at radius 3 is 1.62 bits per heavy atom. The van der Waals surface area contributed by atoms with E-state index in [1.807, 2.05) is 0 Å². The van der Waals surface area contributed by atoms with Gasteiger partial charge in [0.1, 0.15) is 0 Å². The van der Waals surface area contributed by atoms with E-state index in [-0.39, 0.29) is 16.4 Å². The topological polar surface area (TPSA) is 36.1 Å². The van der Waals surface area contributed by atoms with E-state index in [1.165, 1.54) is 22.3 Å². The quantitative estimate of drug-likeness (QED) is 0.443. The first-order chi connectivity index (χ1) is 15.6. The summed E-state index contributed by atoms with van der Waals surface area (Å²) in [6, 6.07) is 19.2. The molecule has 1 heterocycles. The van der Waals surface area contributed by atoms with Crippen molar-refractivity contribution in [2.45, 2.75) is 103 Å². The molecule has 0 amide bonds. The van der Waals surface area contributed by atoms with Gasteiger partial charge in [0.2, 0.25) is 0 Å². The first kappa shape index (κ1) is 26.7. The second-order valence-electron chi connectivity index (χ2n) is 13.0. The van der Waals surface area contributed by atoms with Gasteiger partial charge in [-0.2, -0.15) is 0 Å². The molecule has 186 valence electrons. The van der Waals surface area contributed by atoms with Gasteiger partial charge in [-0.05, 0) is 72.5 Å². The minimum absolute atomic E-state index is 0.0400. The van der Waals surface area contributed by atoms with Crippen LogP contribution in [0.25, 0.3) is 0 Å². The maximum atomic E-state index is 5.58. The van der Waals surface area contributed by atoms with Gasteiger partial charge < -0.3 is 16.0 Å². The summed E-state index contributed by atoms with van der Waals surface area (Å²) in [5, 5.41) is 11.5. The molecule has 34 heavy (non-hydrogen) atoms. The van der Waals surface area contributed by atoms with Crippen LogP contribution in [-0.2, 0) is 10.8 Å². The van der Waals surface area contributed by atoms with Gasteiger partial charge in [-0.1, -0.05) is 90.1 Å². The molecule has 0 unspecified atom stereocenters. The second kappa shape index (κ2) is 9.99. The largest absolute Gasteiger partial charge is 0.359 e. The van der Waals surface area contributed by atoms with Crippen molar-refractivity contribution in [1.82, 2.24) is 16.0 Å². The van der Waals surface area contributed by atoms with Crippen molar-refractivity contribution >= 4 is 17.3 Å². The molecule has 4 heteroatoms. The maximum absolute atomic E-state index is 5.58. The van der Waals surface area contributed by atoms with E-state index in [1.54, 1.807) is 0 Å². The molecule has 0 aliphatic carbocycles. The van der Waals surface area contributed by atoms with Gasteiger partial charge in [-0.3, -0.25) is 0 Å². The molecule has 1 saturated heterocycles. The smallest absolute Gasteiger partial charge is 0.166 e. The Balaban J connectivity index is 1.86. The first-order valence-electron chi connectivity index (χ1n) is 12.7. The number of hydrogen-bond donors (Lipinski definition) is 3. The minimum atomic E-state index is -0.0400. The van der Waals surface area contributed by atoms with Gasteiger partial charge in [0.25, 0.3) is 0 Å². The Bertz CT molecular complexity index is 899. The van der Waals surface area contributed by atoms with E-state index in [0.29, 0.717) is 18.0 Å². The van der Waals surface area contributed by atoms with Crippen molar-refractivity contribution in [2.75, 3.05) is 6.54 Å². The number of hydrogen-bond acceptors (Lipinski definition) is 2. The van der Waals surface area contributed by atoms with Crippen LogP contribution in [0.3, 0.4) is 0 Å². The zero-order chi connectivity index (χ0) is 25.3. The van der Waals surface area contributed by atoms with Crippen molar-refractivity contribution < 1.29 is 0 Å². The summed E-state index contributed by atoms with van der Waals surface area (Å²) in [6.45, 7) is 20.9. The van der Waals surface area contributed by atoms with E-state index in [0.717, 1.165) is 18.1 Å². The van der Waals surface area contributed by atoms with Gasteiger partial charge in [0.05, 0.1) is 0 Å². The normalized spacial score (nSPS) is 19.4. The molecule has 2 aromatic carbocycles. The Hall–Kier alpha value is -1.91. The molecule has 0 radical (unpaired) electrons. The van der Waals surface area contributed by atoms with Crippen LogP contribution in [0.5, 0.6) is 0 Å². The van der Waals surface area contributed by atoms with Gasteiger partial charge in [-0.15, -0.1) is 0 Å². The van der Waals surface area contributed by atoms with E-state index in [9.17, 15) is 0 Å². The third kappa shape index (κ3) is 7.05. The molecular weight excluding hydrogens is 434 g/mol. The van der Waals surface area contributed by atoms with Gasteiger partial charge in [0, 0.05) is 30.1 Å². The van der Waals surface area contributed by atoms with E-state index < -0.39 is 0 Å². The van der Waals surface area contributed by atoms with Crippen LogP contribution >= 0.6 is 12.2 Å². The lowest BCUT2D eigenvalue weighted by molar-refractivity contribution is 0.496. The zero-order valence-electron chi connectivity index (χ0n) is 22.7. The van der Waals surface area contributed by atoms with Crippen molar-refractivity contribution in [3.8, 4) is 0 Å². The standard InChI is InChI=1S/C30H45N3S/c1-28(2,3)22-14-10-20(11-15-22)26(21-12-16-23(17-13-21)29(4,5)6)25-18-24(19-31-25)32-27(34)33-30(7,8)9/h10-17,24-26,31H,18-19H2,1-9H3,(H2,32,33,34)/t24-,25-/m1/s1. The summed E-state index contributed by atoms with van der Waals surface area (Å²) in [7, 11) is 0. The van der Waals surface area contributed by atoms with Crippen LogP contribution in [0.2, 0.25) is 0 Å². The lowest BCUT2D eigenvalue weighted by Gasteiger charge is -2.28. The van der Waals surface area contributed by atoms with E-state index in [2.05, 4.69) is 127 Å². The highest BCUT2D eigenvalue weighted by Gasteiger charge is 2.33. The summed E-state index contributed by atoms with van der Waals surface area (Å²) >= 11 is 5.58. The van der Waals surface area contributed by atoms with Gasteiger partial charge >= 0.3 is 0 Å². The molecule has 0 spiro atoms. The fraction of sp³-hybridized carbons (Fsp3) is 0.567. The molecule has 3 nitrogen and oxygen atoms in total. The number of thiocarbonyl (C=S) groups is 1. The molecule has 0 aromatic heterocycles. The highest BCUT2D eigenvalue weighted by molar-refractivity contribution is 7.80. The molecule has 3 N–H and O–H groups in total. The molecule has 1 fully saturated rings. The maximum Gasteiger partial charge on any atom is 0.166 e. The van der Waals surface area contributed by atoms with Gasteiger partial charge in [0.15, 0.2) is 5.11 Å². The third-order valence-electron chi connectivity index (χ3n) is 6.66. The van der Waals surface area contributed by atoms with Gasteiger partial charge in [-0.25, -0.2) is 0 Å². The summed E-state index contributed by atoms with van der Waals surface area (Å²) in [4.78, 5) is 0. The molecule has 1 aliphatic rings. The summed E-state index contributed by atoms with van der Waals surface area (Å²) in [6.07, 6.45) is 1.03. The first-order valence-corrected chi connectivity index (χ1v) is 13.1. The number of rotatable bonds is 4. The molecular formula is C30H45N3S. The van der Waals surface area contributed by atoms with Crippen LogP contribution in [0.15, 0.2) is 48.5 Å². The average molecular weight is 480 g/mol. The molecule has 0 saturated carbocycles. The molecule has 2 aromatic rings. The van der Waals surface area contributed by atoms with E-state index in [4.69, 9.17) is 12.2 Å². The van der Waals surface area contributed by atoms with Crippen LogP contribution in [0.4, 0.5) is 0 Å². The average Bonchev–Trinajstić information content (AvgIpc) is 3.14. The minimum Gasteiger partial charge on any atom is -0.359 e. The molecule has 3 rings (SSSR count). The SMILES string of the molecule is CC(C)(C)NC(=S)N[C@H]1CN[C@@H](C(c2ccc(C(C)(C)C)cc2)c2ccc(C(C)(C)C)cc2)C1. The summed E-state index contributed by atoms with van der Waals surface area (Å²) < 4.78 is 0. The Kier molecular flexibility index (Phi) is 7.84. The van der Waals surface area contributed by atoms with Crippen molar-refractivity contribution in [1.29, 1.82) is 0 Å². The van der Waals surface area contributed by atoms with Crippen LogP contribution < -0.4 is 16.0 Å². The fourth-order valence-electron chi connectivity index (χ4n) is 4.73. The monoisotopic (exact) mass is 479 g/mol. The van der Waals surface area contributed by atoms with E-state index >= 15 is 0 Å². The highest BCUT2D eigenvalue weighted by atomic mass is 32.1. The summed E-state index contributed by atoms with van der Waals surface area (Å²) in [5.74, 6) is 0.291. The lowest BCUT2D eigenvalue weighted by Crippen LogP contribution is -2.49. The van der Waals surface area contributed by atoms with Crippen molar-refractivity contribution in [3.63, 3.8) is 0 Å². The molecule has 2 atom stereocenters. The Morgan fingerprint density at radius 2 is 1.24 bits per heavy atom.